The monoisotopic (exact) mass is 257 g/mol. The van der Waals surface area contributed by atoms with E-state index in [-0.39, 0.29) is 12.5 Å². The van der Waals surface area contributed by atoms with E-state index < -0.39 is 5.60 Å². The van der Waals surface area contributed by atoms with Crippen molar-refractivity contribution in [1.82, 2.24) is 10.6 Å². The number of nitrogens with one attached hydrogen (secondary N) is 2. The van der Waals surface area contributed by atoms with Crippen LogP contribution < -0.4 is 10.6 Å². The summed E-state index contributed by atoms with van der Waals surface area (Å²) in [6.07, 6.45) is 0.997. The Morgan fingerprint density at radius 2 is 1.94 bits per heavy atom. The molecular formula is C13H27N3O2. The summed E-state index contributed by atoms with van der Waals surface area (Å²) in [5.41, 5.74) is -0.463. The summed E-state index contributed by atoms with van der Waals surface area (Å²) < 4.78 is 5.20. The van der Waals surface area contributed by atoms with Crippen molar-refractivity contribution < 1.29 is 9.53 Å². The molecule has 1 unspecified atom stereocenters. The molecule has 5 heteroatoms. The van der Waals surface area contributed by atoms with Crippen LogP contribution in [-0.4, -0.2) is 36.7 Å². The largest absolute Gasteiger partial charge is 0.459 e. The Morgan fingerprint density at radius 1 is 1.33 bits per heavy atom. The van der Waals surface area contributed by atoms with Crippen LogP contribution >= 0.6 is 0 Å². The van der Waals surface area contributed by atoms with Crippen molar-refractivity contribution >= 4 is 11.9 Å². The van der Waals surface area contributed by atoms with E-state index in [2.05, 4.69) is 29.5 Å². The summed E-state index contributed by atoms with van der Waals surface area (Å²) >= 11 is 0. The molecule has 0 aliphatic carbocycles. The van der Waals surface area contributed by atoms with Crippen LogP contribution in [0, 0.1) is 0 Å². The van der Waals surface area contributed by atoms with Crippen LogP contribution in [-0.2, 0) is 9.53 Å². The molecule has 0 aromatic rings. The van der Waals surface area contributed by atoms with E-state index in [1.807, 2.05) is 27.7 Å². The fraction of sp³-hybridized carbons (Fsp3) is 0.846. The number of esters is 1. The molecule has 106 valence electrons. The number of carbonyl (C=O) groups is 1. The zero-order valence-corrected chi connectivity index (χ0v) is 12.5. The Kier molecular flexibility index (Phi) is 7.39. The Labute approximate surface area is 110 Å². The zero-order valence-electron chi connectivity index (χ0n) is 12.5. The highest BCUT2D eigenvalue weighted by atomic mass is 16.6. The summed E-state index contributed by atoms with van der Waals surface area (Å²) in [7, 11) is 0. The first-order valence-electron chi connectivity index (χ1n) is 6.55. The molecule has 18 heavy (non-hydrogen) atoms. The second kappa shape index (κ2) is 7.95. The third-order valence-electron chi connectivity index (χ3n) is 2.13. The first-order chi connectivity index (χ1) is 8.28. The van der Waals surface area contributed by atoms with E-state index in [9.17, 15) is 4.79 Å². The van der Waals surface area contributed by atoms with Crippen LogP contribution in [0.1, 0.15) is 48.0 Å². The van der Waals surface area contributed by atoms with Gasteiger partial charge in [0.15, 0.2) is 5.96 Å². The molecule has 0 bridgehead atoms. The van der Waals surface area contributed by atoms with Crippen molar-refractivity contribution in [2.45, 2.75) is 59.6 Å². The van der Waals surface area contributed by atoms with Gasteiger partial charge in [0.1, 0.15) is 12.1 Å². The molecule has 1 atom stereocenters. The quantitative estimate of drug-likeness (QED) is 0.447. The molecule has 0 aromatic carbocycles. The molecule has 0 spiro atoms. The third-order valence-corrected chi connectivity index (χ3v) is 2.13. The van der Waals surface area contributed by atoms with Crippen LogP contribution in [0.3, 0.4) is 0 Å². The Balaban J connectivity index is 4.34. The second-order valence-corrected chi connectivity index (χ2v) is 5.24. The summed E-state index contributed by atoms with van der Waals surface area (Å²) in [5.74, 6) is 0.335. The lowest BCUT2D eigenvalue weighted by Gasteiger charge is -2.19. The topological polar surface area (TPSA) is 62.7 Å². The van der Waals surface area contributed by atoms with Gasteiger partial charge in [-0.1, -0.05) is 6.92 Å². The van der Waals surface area contributed by atoms with Crippen LogP contribution in [0.25, 0.3) is 0 Å². The van der Waals surface area contributed by atoms with Crippen molar-refractivity contribution in [3.63, 3.8) is 0 Å². The van der Waals surface area contributed by atoms with Crippen LogP contribution in [0.5, 0.6) is 0 Å². The van der Waals surface area contributed by atoms with Crippen molar-refractivity contribution in [2.24, 2.45) is 4.99 Å². The molecule has 0 amide bonds. The predicted molar refractivity (Wildman–Crippen MR) is 74.7 cm³/mol. The first kappa shape index (κ1) is 16.7. The molecule has 0 fully saturated rings. The van der Waals surface area contributed by atoms with Crippen molar-refractivity contribution in [3.8, 4) is 0 Å². The smallest absolute Gasteiger partial charge is 0.328 e. The van der Waals surface area contributed by atoms with E-state index in [0.717, 1.165) is 13.0 Å². The molecule has 0 aliphatic heterocycles. The normalized spacial score (nSPS) is 14.0. The molecule has 2 N–H and O–H groups in total. The lowest BCUT2D eigenvalue weighted by molar-refractivity contribution is -0.152. The first-order valence-corrected chi connectivity index (χ1v) is 6.55. The lowest BCUT2D eigenvalue weighted by Crippen LogP contribution is -2.42. The fourth-order valence-corrected chi connectivity index (χ4v) is 1.17. The highest BCUT2D eigenvalue weighted by Crippen LogP contribution is 2.06. The molecule has 0 aromatic heterocycles. The van der Waals surface area contributed by atoms with Crippen molar-refractivity contribution in [3.05, 3.63) is 0 Å². The molecule has 0 saturated heterocycles. The maximum atomic E-state index is 11.5. The number of guanidine groups is 1. The number of hydrogen-bond donors (Lipinski definition) is 2. The average molecular weight is 257 g/mol. The third kappa shape index (κ3) is 8.84. The number of rotatable bonds is 5. The minimum absolute atomic E-state index is 0.0308. The van der Waals surface area contributed by atoms with E-state index in [0.29, 0.717) is 12.0 Å². The van der Waals surface area contributed by atoms with E-state index in [4.69, 9.17) is 4.74 Å². The van der Waals surface area contributed by atoms with Crippen molar-refractivity contribution in [2.75, 3.05) is 13.1 Å². The van der Waals surface area contributed by atoms with Crippen LogP contribution in [0.15, 0.2) is 4.99 Å². The van der Waals surface area contributed by atoms with Gasteiger partial charge in [-0.3, -0.25) is 4.79 Å². The van der Waals surface area contributed by atoms with Gasteiger partial charge in [0.05, 0.1) is 0 Å². The fourth-order valence-electron chi connectivity index (χ4n) is 1.17. The van der Waals surface area contributed by atoms with E-state index in [1.54, 1.807) is 0 Å². The van der Waals surface area contributed by atoms with Gasteiger partial charge in [-0.25, -0.2) is 4.99 Å². The average Bonchev–Trinajstić information content (AvgIpc) is 2.23. The predicted octanol–water partition coefficient (Wildman–Crippen LogP) is 1.68. The number of aliphatic imine (C=N–C) groups is 1. The maximum absolute atomic E-state index is 11.5. The molecular weight excluding hydrogens is 230 g/mol. The van der Waals surface area contributed by atoms with Gasteiger partial charge in [-0.15, -0.1) is 0 Å². The summed E-state index contributed by atoms with van der Waals surface area (Å²) in [6.45, 7) is 12.5. The van der Waals surface area contributed by atoms with E-state index >= 15 is 0 Å². The van der Waals surface area contributed by atoms with Crippen LogP contribution in [0.2, 0.25) is 0 Å². The highest BCUT2D eigenvalue weighted by molar-refractivity contribution is 5.83. The highest BCUT2D eigenvalue weighted by Gasteiger charge is 2.15. The molecule has 0 heterocycles. The maximum Gasteiger partial charge on any atom is 0.328 e. The molecule has 0 rings (SSSR count). The summed E-state index contributed by atoms with van der Waals surface area (Å²) in [5, 5.41) is 6.31. The lowest BCUT2D eigenvalue weighted by atomic mass is 10.2. The van der Waals surface area contributed by atoms with Gasteiger partial charge < -0.3 is 15.4 Å². The van der Waals surface area contributed by atoms with Gasteiger partial charge in [0.25, 0.3) is 0 Å². The van der Waals surface area contributed by atoms with Gasteiger partial charge >= 0.3 is 5.97 Å². The number of hydrogen-bond acceptors (Lipinski definition) is 3. The minimum atomic E-state index is -0.463. The Morgan fingerprint density at radius 3 is 2.39 bits per heavy atom. The Hall–Kier alpha value is -1.26. The second-order valence-electron chi connectivity index (χ2n) is 5.24. The minimum Gasteiger partial charge on any atom is -0.459 e. The zero-order chi connectivity index (χ0) is 14.2. The number of carbonyl (C=O) groups excluding carboxylic acids is 1. The SMILES string of the molecule is CCNC(=NCC(=O)OC(C)(C)C)NC(C)CC. The molecule has 5 nitrogen and oxygen atoms in total. The number of nitrogens with zero attached hydrogens (tertiary/aromatic N) is 1. The standard InChI is InChI=1S/C13H27N3O2/c1-7-10(3)16-12(14-8-2)15-9-11(17)18-13(4,5)6/h10H,7-9H2,1-6H3,(H2,14,15,16). The van der Waals surface area contributed by atoms with Gasteiger partial charge in [-0.2, -0.15) is 0 Å². The van der Waals surface area contributed by atoms with Gasteiger partial charge in [-0.05, 0) is 41.0 Å². The van der Waals surface area contributed by atoms with Gasteiger partial charge in [0.2, 0.25) is 0 Å². The number of ether oxygens (including phenoxy) is 1. The molecule has 0 saturated carbocycles. The molecule has 0 radical (unpaired) electrons. The summed E-state index contributed by atoms with van der Waals surface area (Å²) in [6, 6.07) is 0.321. The summed E-state index contributed by atoms with van der Waals surface area (Å²) in [4.78, 5) is 15.7. The molecule has 0 aliphatic rings. The van der Waals surface area contributed by atoms with E-state index in [1.165, 1.54) is 0 Å². The van der Waals surface area contributed by atoms with Gasteiger partial charge in [0, 0.05) is 12.6 Å². The van der Waals surface area contributed by atoms with Crippen molar-refractivity contribution in [1.29, 1.82) is 0 Å². The Bertz CT molecular complexity index is 282. The van der Waals surface area contributed by atoms with Crippen LogP contribution in [0.4, 0.5) is 0 Å².